The van der Waals surface area contributed by atoms with Crippen molar-refractivity contribution in [3.05, 3.63) is 59.7 Å². The van der Waals surface area contributed by atoms with Crippen molar-refractivity contribution in [2.75, 3.05) is 19.8 Å². The van der Waals surface area contributed by atoms with E-state index in [0.29, 0.717) is 13.2 Å². The van der Waals surface area contributed by atoms with Crippen molar-refractivity contribution in [3.63, 3.8) is 0 Å². The zero-order valence-electron chi connectivity index (χ0n) is 11.9. The van der Waals surface area contributed by atoms with Crippen LogP contribution in [0, 0.1) is 0 Å². The molecule has 1 aliphatic heterocycles. The number of nitrogens with zero attached hydrogens (tertiary/aromatic N) is 1. The molecule has 2 aromatic rings. The van der Waals surface area contributed by atoms with Crippen molar-refractivity contribution in [2.24, 2.45) is 0 Å². The fourth-order valence-corrected chi connectivity index (χ4v) is 3.03. The quantitative estimate of drug-likeness (QED) is 0.854. The molecule has 1 saturated heterocycles. The molecule has 1 amide bonds. The van der Waals surface area contributed by atoms with Crippen LogP contribution in [-0.2, 0) is 14.4 Å². The third-order valence-electron chi connectivity index (χ3n) is 3.99. The maximum absolute atomic E-state index is 11.9. The summed E-state index contributed by atoms with van der Waals surface area (Å²) in [5, 5.41) is 0.812. The number of fused-ring (bicyclic) bond motifs is 3. The summed E-state index contributed by atoms with van der Waals surface area (Å²) in [7, 11) is 0. The highest BCUT2D eigenvalue weighted by atomic mass is 17.0. The number of hydrogen-bond donors (Lipinski definition) is 0. The molecule has 0 saturated carbocycles. The van der Waals surface area contributed by atoms with Crippen LogP contribution in [0.5, 0.6) is 0 Å². The molecule has 2 aliphatic rings. The van der Waals surface area contributed by atoms with E-state index in [1.807, 2.05) is 24.3 Å². The lowest BCUT2D eigenvalue weighted by atomic mass is 9.98. The van der Waals surface area contributed by atoms with Crippen LogP contribution in [0.3, 0.4) is 0 Å². The topological polar surface area (TPSA) is 48.0 Å². The SMILES string of the molecule is O=C(OCC1c2ccccc2-c2ccccc21)N1OCCO1. The highest BCUT2D eigenvalue weighted by Gasteiger charge is 2.30. The summed E-state index contributed by atoms with van der Waals surface area (Å²) < 4.78 is 5.36. The van der Waals surface area contributed by atoms with Gasteiger partial charge in [-0.25, -0.2) is 14.5 Å². The molecule has 2 aromatic carbocycles. The molecule has 22 heavy (non-hydrogen) atoms. The molecule has 1 fully saturated rings. The van der Waals surface area contributed by atoms with Gasteiger partial charge in [0.15, 0.2) is 0 Å². The maximum atomic E-state index is 11.9. The minimum atomic E-state index is -0.612. The first-order valence-corrected chi connectivity index (χ1v) is 7.25. The van der Waals surface area contributed by atoms with Crippen LogP contribution in [0.25, 0.3) is 11.1 Å². The monoisotopic (exact) mass is 297 g/mol. The number of hydroxylamine groups is 2. The number of benzene rings is 2. The van der Waals surface area contributed by atoms with Crippen LogP contribution >= 0.6 is 0 Å². The first-order valence-electron chi connectivity index (χ1n) is 7.25. The molecular formula is C17H15NO4. The first-order chi connectivity index (χ1) is 10.8. The highest BCUT2D eigenvalue weighted by molar-refractivity contribution is 5.79. The Morgan fingerprint density at radius 2 is 1.55 bits per heavy atom. The third kappa shape index (κ3) is 2.15. The van der Waals surface area contributed by atoms with E-state index in [2.05, 4.69) is 24.3 Å². The van der Waals surface area contributed by atoms with Crippen LogP contribution in [0.15, 0.2) is 48.5 Å². The smallest absolute Gasteiger partial charge is 0.445 e. The predicted octanol–water partition coefficient (Wildman–Crippen LogP) is 3.11. The van der Waals surface area contributed by atoms with Crippen LogP contribution in [0.2, 0.25) is 0 Å². The standard InChI is InChI=1S/C17H15NO4/c19-17(18-21-9-10-22-18)20-11-16-14-7-3-1-5-12(14)13-6-2-4-8-15(13)16/h1-8,16H,9-11H2. The molecule has 5 heteroatoms. The minimum absolute atomic E-state index is 0.0407. The van der Waals surface area contributed by atoms with Crippen LogP contribution < -0.4 is 0 Å². The molecule has 0 spiro atoms. The molecule has 4 rings (SSSR count). The van der Waals surface area contributed by atoms with Gasteiger partial charge in [0.1, 0.15) is 19.8 Å². The minimum Gasteiger partial charge on any atom is -0.445 e. The van der Waals surface area contributed by atoms with Crippen molar-refractivity contribution in [1.29, 1.82) is 0 Å². The predicted molar refractivity (Wildman–Crippen MR) is 78.8 cm³/mol. The molecule has 1 aliphatic carbocycles. The second-order valence-electron chi connectivity index (χ2n) is 5.23. The van der Waals surface area contributed by atoms with Gasteiger partial charge in [-0.15, -0.1) is 0 Å². The Balaban J connectivity index is 1.57. The fourth-order valence-electron chi connectivity index (χ4n) is 3.03. The van der Waals surface area contributed by atoms with Gasteiger partial charge in [0.25, 0.3) is 0 Å². The summed E-state index contributed by atoms with van der Waals surface area (Å²) in [6.07, 6.45) is -0.612. The fraction of sp³-hybridized carbons (Fsp3) is 0.235. The van der Waals surface area contributed by atoms with Gasteiger partial charge >= 0.3 is 6.09 Å². The van der Waals surface area contributed by atoms with Gasteiger partial charge < -0.3 is 4.74 Å². The zero-order valence-corrected chi connectivity index (χ0v) is 11.9. The third-order valence-corrected chi connectivity index (χ3v) is 3.99. The van der Waals surface area contributed by atoms with Crippen molar-refractivity contribution in [3.8, 4) is 11.1 Å². The van der Waals surface area contributed by atoms with Gasteiger partial charge in [-0.1, -0.05) is 48.5 Å². The number of rotatable bonds is 2. The second-order valence-corrected chi connectivity index (χ2v) is 5.23. The van der Waals surface area contributed by atoms with E-state index >= 15 is 0 Å². The molecule has 112 valence electrons. The van der Waals surface area contributed by atoms with Gasteiger partial charge in [0, 0.05) is 5.92 Å². The van der Waals surface area contributed by atoms with E-state index in [1.54, 1.807) is 0 Å². The van der Waals surface area contributed by atoms with E-state index < -0.39 is 6.09 Å². The van der Waals surface area contributed by atoms with Crippen LogP contribution in [0.4, 0.5) is 4.79 Å². The molecule has 0 unspecified atom stereocenters. The van der Waals surface area contributed by atoms with Crippen molar-refractivity contribution < 1.29 is 19.2 Å². The zero-order chi connectivity index (χ0) is 14.9. The Morgan fingerprint density at radius 1 is 1.00 bits per heavy atom. The lowest BCUT2D eigenvalue weighted by Crippen LogP contribution is -2.27. The lowest BCUT2D eigenvalue weighted by Gasteiger charge is -2.16. The summed E-state index contributed by atoms with van der Waals surface area (Å²) in [5.74, 6) is 0.0407. The molecule has 0 aromatic heterocycles. The van der Waals surface area contributed by atoms with Gasteiger partial charge in [0.05, 0.1) is 0 Å². The summed E-state index contributed by atoms with van der Waals surface area (Å²) in [6.45, 7) is 0.991. The van der Waals surface area contributed by atoms with Crippen LogP contribution in [0.1, 0.15) is 17.0 Å². The van der Waals surface area contributed by atoms with Crippen LogP contribution in [-0.4, -0.2) is 31.1 Å². The number of ether oxygens (including phenoxy) is 1. The van der Waals surface area contributed by atoms with Gasteiger partial charge in [0.2, 0.25) is 0 Å². The number of hydrogen-bond acceptors (Lipinski definition) is 4. The normalized spacial score (nSPS) is 16.5. The summed E-state index contributed by atoms with van der Waals surface area (Å²) in [6, 6.07) is 16.4. The molecule has 0 bridgehead atoms. The van der Waals surface area contributed by atoms with E-state index in [9.17, 15) is 4.79 Å². The summed E-state index contributed by atoms with van der Waals surface area (Å²) >= 11 is 0. The molecule has 0 N–H and O–H groups in total. The molecular weight excluding hydrogens is 282 g/mol. The highest BCUT2D eigenvalue weighted by Crippen LogP contribution is 2.44. The average Bonchev–Trinajstić information content (AvgIpc) is 3.20. The molecule has 0 radical (unpaired) electrons. The first kappa shape index (κ1) is 13.3. The molecule has 0 atom stereocenters. The maximum Gasteiger partial charge on any atom is 0.459 e. The van der Waals surface area contributed by atoms with Crippen molar-refractivity contribution in [2.45, 2.75) is 5.92 Å². The lowest BCUT2D eigenvalue weighted by molar-refractivity contribution is -0.264. The summed E-state index contributed by atoms with van der Waals surface area (Å²) in [4.78, 5) is 21.9. The Hall–Kier alpha value is -2.37. The van der Waals surface area contributed by atoms with E-state index in [1.165, 1.54) is 22.3 Å². The van der Waals surface area contributed by atoms with Gasteiger partial charge in [-0.3, -0.25) is 0 Å². The Bertz CT molecular complexity index is 664. The Kier molecular flexibility index (Phi) is 3.29. The number of carbonyl (C=O) groups is 1. The van der Waals surface area contributed by atoms with Crippen molar-refractivity contribution in [1.82, 2.24) is 5.23 Å². The van der Waals surface area contributed by atoms with Gasteiger partial charge in [-0.05, 0) is 27.5 Å². The summed E-state index contributed by atoms with van der Waals surface area (Å²) in [5.41, 5.74) is 4.76. The second kappa shape index (κ2) is 5.44. The number of amides is 1. The van der Waals surface area contributed by atoms with E-state index in [-0.39, 0.29) is 12.5 Å². The van der Waals surface area contributed by atoms with Crippen molar-refractivity contribution >= 4 is 6.09 Å². The Morgan fingerprint density at radius 3 is 2.14 bits per heavy atom. The van der Waals surface area contributed by atoms with E-state index in [0.717, 1.165) is 5.23 Å². The van der Waals surface area contributed by atoms with E-state index in [4.69, 9.17) is 14.4 Å². The van der Waals surface area contributed by atoms with Gasteiger partial charge in [-0.2, -0.15) is 0 Å². The average molecular weight is 297 g/mol. The largest absolute Gasteiger partial charge is 0.459 e. The number of carbonyl (C=O) groups excluding carboxylic acids is 1. The molecule has 5 nitrogen and oxygen atoms in total. The Labute approximate surface area is 127 Å². The molecule has 1 heterocycles.